The van der Waals surface area contributed by atoms with Crippen molar-refractivity contribution in [2.75, 3.05) is 44.6 Å². The Hall–Kier alpha value is -1.66. The van der Waals surface area contributed by atoms with E-state index in [0.29, 0.717) is 19.7 Å². The highest BCUT2D eigenvalue weighted by Gasteiger charge is 2.27. The highest BCUT2D eigenvalue weighted by molar-refractivity contribution is 5.89. The maximum atomic E-state index is 13.8. The molecule has 2 saturated heterocycles. The van der Waals surface area contributed by atoms with Crippen molar-refractivity contribution in [1.82, 2.24) is 9.80 Å². The number of hydrogen-bond donors (Lipinski definition) is 1. The Morgan fingerprint density at radius 2 is 2.08 bits per heavy atom. The smallest absolute Gasteiger partial charge is 0.322 e. The van der Waals surface area contributed by atoms with Gasteiger partial charge in [0.15, 0.2) is 0 Å². The molecule has 2 aliphatic rings. The Balaban J connectivity index is 1.41. The summed E-state index contributed by atoms with van der Waals surface area (Å²) in [6.45, 7) is 7.11. The average Bonchev–Trinajstić information content (AvgIpc) is 3.08. The Bertz CT molecular complexity index is 590. The van der Waals surface area contributed by atoms with E-state index in [2.05, 4.69) is 10.2 Å². The summed E-state index contributed by atoms with van der Waals surface area (Å²) in [4.78, 5) is 16.5. The van der Waals surface area contributed by atoms with Gasteiger partial charge < -0.3 is 19.9 Å². The van der Waals surface area contributed by atoms with E-state index in [-0.39, 0.29) is 17.8 Å². The number of likely N-dealkylation sites (tertiary alicyclic amines) is 2. The van der Waals surface area contributed by atoms with Crippen molar-refractivity contribution < 1.29 is 13.9 Å². The van der Waals surface area contributed by atoms with Crippen LogP contribution in [0.3, 0.4) is 0 Å². The molecule has 0 bridgehead atoms. The van der Waals surface area contributed by atoms with Crippen molar-refractivity contribution in [3.8, 4) is 0 Å². The first kappa shape index (κ1) is 18.1. The van der Waals surface area contributed by atoms with Gasteiger partial charge >= 0.3 is 6.03 Å². The summed E-state index contributed by atoms with van der Waals surface area (Å²) >= 11 is 0. The van der Waals surface area contributed by atoms with Gasteiger partial charge in [-0.1, -0.05) is 12.5 Å². The summed E-state index contributed by atoms with van der Waals surface area (Å²) in [6, 6.07) is 4.45. The van der Waals surface area contributed by atoms with Crippen LogP contribution in [0.4, 0.5) is 14.9 Å². The molecule has 2 amide bonds. The van der Waals surface area contributed by atoms with Gasteiger partial charge in [0.25, 0.3) is 0 Å². The zero-order valence-corrected chi connectivity index (χ0v) is 15.0. The molecular weight excluding hydrogens is 321 g/mol. The Morgan fingerprint density at radius 3 is 2.88 bits per heavy atom. The normalized spacial score (nSPS) is 21.5. The minimum Gasteiger partial charge on any atom is -0.375 e. The number of piperidine rings is 1. The van der Waals surface area contributed by atoms with Crippen LogP contribution in [0.5, 0.6) is 0 Å². The largest absolute Gasteiger partial charge is 0.375 e. The van der Waals surface area contributed by atoms with E-state index < -0.39 is 5.82 Å². The van der Waals surface area contributed by atoms with E-state index >= 15 is 0 Å². The number of aryl methyl sites for hydroxylation is 1. The van der Waals surface area contributed by atoms with Gasteiger partial charge in [0.05, 0.1) is 18.4 Å². The highest BCUT2D eigenvalue weighted by atomic mass is 19.1. The molecule has 1 aromatic carbocycles. The predicted molar refractivity (Wildman–Crippen MR) is 96.4 cm³/mol. The van der Waals surface area contributed by atoms with Crippen LogP contribution in [-0.2, 0) is 4.74 Å². The number of benzene rings is 1. The number of carbonyl (C=O) groups excluding carboxylic acids is 1. The molecule has 1 N–H and O–H groups in total. The van der Waals surface area contributed by atoms with E-state index in [1.54, 1.807) is 17.0 Å². The zero-order valence-electron chi connectivity index (χ0n) is 15.0. The molecular formula is C19H28FN3O2. The van der Waals surface area contributed by atoms with Crippen LogP contribution in [-0.4, -0.2) is 61.3 Å². The number of halogens is 1. The summed E-state index contributed by atoms with van der Waals surface area (Å²) in [5.41, 5.74) is 1.15. The lowest BCUT2D eigenvalue weighted by Gasteiger charge is -2.26. The van der Waals surface area contributed by atoms with Gasteiger partial charge in [0, 0.05) is 19.6 Å². The second-order valence-electron chi connectivity index (χ2n) is 7.04. The van der Waals surface area contributed by atoms with E-state index in [0.717, 1.165) is 18.5 Å². The summed E-state index contributed by atoms with van der Waals surface area (Å²) in [5.74, 6) is -0.410. The number of hydrogen-bond acceptors (Lipinski definition) is 3. The number of ether oxygens (including phenoxy) is 1. The molecule has 1 atom stereocenters. The maximum absolute atomic E-state index is 13.8. The third-order valence-corrected chi connectivity index (χ3v) is 5.01. The van der Waals surface area contributed by atoms with Crippen molar-refractivity contribution in [2.45, 2.75) is 38.7 Å². The lowest BCUT2D eigenvalue weighted by molar-refractivity contribution is 0.0416. The molecule has 1 aromatic rings. The Kier molecular flexibility index (Phi) is 6.26. The van der Waals surface area contributed by atoms with Gasteiger partial charge in [-0.05, 0) is 57.0 Å². The van der Waals surface area contributed by atoms with Gasteiger partial charge in [0.2, 0.25) is 0 Å². The minimum atomic E-state index is -0.410. The lowest BCUT2D eigenvalue weighted by atomic mass is 10.1. The number of carbonyl (C=O) groups is 1. The molecule has 5 nitrogen and oxygen atoms in total. The van der Waals surface area contributed by atoms with Gasteiger partial charge in [-0.2, -0.15) is 0 Å². The first-order valence-corrected chi connectivity index (χ1v) is 9.28. The van der Waals surface area contributed by atoms with Crippen LogP contribution in [0.1, 0.15) is 31.2 Å². The van der Waals surface area contributed by atoms with Gasteiger partial charge in [-0.25, -0.2) is 9.18 Å². The minimum absolute atomic E-state index is 0.0814. The fourth-order valence-corrected chi connectivity index (χ4v) is 3.51. The molecule has 0 radical (unpaired) electrons. The topological polar surface area (TPSA) is 44.8 Å². The second kappa shape index (κ2) is 8.63. The fraction of sp³-hybridized carbons (Fsp3) is 0.632. The van der Waals surface area contributed by atoms with Crippen molar-refractivity contribution in [2.24, 2.45) is 0 Å². The molecule has 2 aliphatic heterocycles. The zero-order chi connectivity index (χ0) is 17.6. The predicted octanol–water partition coefficient (Wildman–Crippen LogP) is 3.24. The third-order valence-electron chi connectivity index (χ3n) is 5.01. The monoisotopic (exact) mass is 349 g/mol. The van der Waals surface area contributed by atoms with Crippen LogP contribution >= 0.6 is 0 Å². The lowest BCUT2D eigenvalue weighted by Crippen LogP contribution is -2.35. The van der Waals surface area contributed by atoms with Crippen LogP contribution in [0.2, 0.25) is 0 Å². The van der Waals surface area contributed by atoms with E-state index in [4.69, 9.17) is 4.74 Å². The molecule has 2 heterocycles. The molecule has 3 rings (SSSR count). The highest BCUT2D eigenvalue weighted by Crippen LogP contribution is 2.19. The van der Waals surface area contributed by atoms with E-state index in [9.17, 15) is 9.18 Å². The number of rotatable bonds is 5. The summed E-state index contributed by atoms with van der Waals surface area (Å²) in [5, 5.41) is 2.67. The van der Waals surface area contributed by atoms with Crippen LogP contribution in [0.25, 0.3) is 0 Å². The summed E-state index contributed by atoms with van der Waals surface area (Å²) < 4.78 is 19.7. The third kappa shape index (κ3) is 5.16. The SMILES string of the molecule is Cc1ccc(F)c(NC(=O)N2CC[C@@H](OCCN3CCCCC3)C2)c1. The number of urea groups is 1. The maximum Gasteiger partial charge on any atom is 0.322 e. The molecule has 25 heavy (non-hydrogen) atoms. The summed E-state index contributed by atoms with van der Waals surface area (Å²) in [7, 11) is 0. The number of amides is 2. The molecule has 0 unspecified atom stereocenters. The standard InChI is InChI=1S/C19H28FN3O2/c1-15-5-6-17(20)18(13-15)21-19(24)23-10-7-16(14-23)25-12-11-22-8-3-2-4-9-22/h5-6,13,16H,2-4,7-12,14H2,1H3,(H,21,24)/t16-/m1/s1. The second-order valence-corrected chi connectivity index (χ2v) is 7.04. The van der Waals surface area contributed by atoms with Crippen LogP contribution in [0, 0.1) is 12.7 Å². The molecule has 0 saturated carbocycles. The number of nitrogens with zero attached hydrogens (tertiary/aromatic N) is 2. The average molecular weight is 349 g/mol. The first-order chi connectivity index (χ1) is 12.1. The van der Waals surface area contributed by atoms with Gasteiger partial charge in [-0.3, -0.25) is 0 Å². The summed E-state index contributed by atoms with van der Waals surface area (Å²) in [6.07, 6.45) is 4.83. The molecule has 0 spiro atoms. The van der Waals surface area contributed by atoms with Crippen molar-refractivity contribution in [3.05, 3.63) is 29.6 Å². The molecule has 2 fully saturated rings. The van der Waals surface area contributed by atoms with Crippen LogP contribution in [0.15, 0.2) is 18.2 Å². The van der Waals surface area contributed by atoms with Gasteiger partial charge in [-0.15, -0.1) is 0 Å². The first-order valence-electron chi connectivity index (χ1n) is 9.28. The van der Waals surface area contributed by atoms with Crippen LogP contribution < -0.4 is 5.32 Å². The number of anilines is 1. The van der Waals surface area contributed by atoms with Gasteiger partial charge in [0.1, 0.15) is 5.82 Å². The van der Waals surface area contributed by atoms with Crippen molar-refractivity contribution >= 4 is 11.7 Å². The fourth-order valence-electron chi connectivity index (χ4n) is 3.51. The van der Waals surface area contributed by atoms with Crippen molar-refractivity contribution in [1.29, 1.82) is 0 Å². The molecule has 138 valence electrons. The van der Waals surface area contributed by atoms with E-state index in [1.807, 2.05) is 6.92 Å². The Morgan fingerprint density at radius 1 is 1.28 bits per heavy atom. The van der Waals surface area contributed by atoms with E-state index in [1.165, 1.54) is 38.4 Å². The molecule has 0 aromatic heterocycles. The van der Waals surface area contributed by atoms with Crippen molar-refractivity contribution in [3.63, 3.8) is 0 Å². The molecule has 0 aliphatic carbocycles. The number of nitrogens with one attached hydrogen (secondary N) is 1. The molecule has 6 heteroatoms. The Labute approximate surface area is 149 Å². The quantitative estimate of drug-likeness (QED) is 0.888.